The van der Waals surface area contributed by atoms with Crippen molar-refractivity contribution in [2.45, 2.75) is 239 Å². The van der Waals surface area contributed by atoms with Gasteiger partial charge in [-0.15, -0.1) is 0 Å². The van der Waals surface area contributed by atoms with Crippen molar-refractivity contribution in [1.82, 2.24) is 4.90 Å². The predicted molar refractivity (Wildman–Crippen MR) is 214 cm³/mol. The number of ether oxygens (including phenoxy) is 2. The second-order valence-corrected chi connectivity index (χ2v) is 15.2. The SMILES string of the molecule is CCCCCCCCCOC(=O)CCCCCCCN(CCO)CCCCCCCC(=O)OC(CCCCCCCC)CCCCCCCC. The molecular weight excluding hydrogens is 622 g/mol. The fraction of sp³-hybridized carbons (Fsp3) is 0.955. The molecule has 0 aliphatic heterocycles. The van der Waals surface area contributed by atoms with Gasteiger partial charge in [0.15, 0.2) is 0 Å². The highest BCUT2D eigenvalue weighted by atomic mass is 16.5. The number of unbranched alkanes of at least 4 members (excludes halogenated alkanes) is 24. The third kappa shape index (κ3) is 36.6. The molecule has 0 aliphatic rings. The lowest BCUT2D eigenvalue weighted by Gasteiger charge is -2.21. The maximum atomic E-state index is 12.7. The van der Waals surface area contributed by atoms with Crippen LogP contribution in [0.3, 0.4) is 0 Å². The summed E-state index contributed by atoms with van der Waals surface area (Å²) in [4.78, 5) is 27.0. The minimum absolute atomic E-state index is 0.0137. The molecule has 0 aliphatic carbocycles. The van der Waals surface area contributed by atoms with Gasteiger partial charge in [0.05, 0.1) is 13.2 Å². The summed E-state index contributed by atoms with van der Waals surface area (Å²) in [5, 5.41) is 9.54. The third-order valence-electron chi connectivity index (χ3n) is 10.2. The van der Waals surface area contributed by atoms with Gasteiger partial charge < -0.3 is 19.5 Å². The van der Waals surface area contributed by atoms with Crippen molar-refractivity contribution in [2.24, 2.45) is 0 Å². The smallest absolute Gasteiger partial charge is 0.306 e. The number of nitrogens with zero attached hydrogens (tertiary/aromatic N) is 1. The van der Waals surface area contributed by atoms with Crippen molar-refractivity contribution in [3.05, 3.63) is 0 Å². The molecule has 0 atom stereocenters. The molecule has 0 amide bonds. The van der Waals surface area contributed by atoms with E-state index in [-0.39, 0.29) is 24.6 Å². The molecule has 0 aromatic heterocycles. The van der Waals surface area contributed by atoms with Gasteiger partial charge in [-0.25, -0.2) is 0 Å². The minimum atomic E-state index is -0.0312. The Bertz CT molecular complexity index is 686. The van der Waals surface area contributed by atoms with Crippen molar-refractivity contribution >= 4 is 11.9 Å². The monoisotopic (exact) mass is 710 g/mol. The first kappa shape index (κ1) is 48.9. The third-order valence-corrected chi connectivity index (χ3v) is 10.2. The number of carbonyl (C=O) groups excluding carboxylic acids is 2. The van der Waals surface area contributed by atoms with Gasteiger partial charge >= 0.3 is 11.9 Å². The van der Waals surface area contributed by atoms with E-state index in [9.17, 15) is 14.7 Å². The Morgan fingerprint density at radius 3 is 1.30 bits per heavy atom. The second kappa shape index (κ2) is 40.6. The highest BCUT2D eigenvalue weighted by Crippen LogP contribution is 2.18. The Hall–Kier alpha value is -1.14. The summed E-state index contributed by atoms with van der Waals surface area (Å²) < 4.78 is 11.4. The maximum Gasteiger partial charge on any atom is 0.306 e. The van der Waals surface area contributed by atoms with Crippen LogP contribution in [0.4, 0.5) is 0 Å². The Morgan fingerprint density at radius 2 is 0.840 bits per heavy atom. The first-order valence-electron chi connectivity index (χ1n) is 22.3. The summed E-state index contributed by atoms with van der Waals surface area (Å²) in [6.07, 6.45) is 38.3. The van der Waals surface area contributed by atoms with E-state index in [0.29, 0.717) is 19.4 Å². The van der Waals surface area contributed by atoms with Crippen molar-refractivity contribution in [3.63, 3.8) is 0 Å². The van der Waals surface area contributed by atoms with Gasteiger partial charge in [-0.3, -0.25) is 9.59 Å². The predicted octanol–water partition coefficient (Wildman–Crippen LogP) is 12.7. The normalized spacial score (nSPS) is 11.6. The van der Waals surface area contributed by atoms with Gasteiger partial charge in [0.2, 0.25) is 0 Å². The molecule has 0 rings (SSSR count). The largest absolute Gasteiger partial charge is 0.466 e. The second-order valence-electron chi connectivity index (χ2n) is 15.2. The van der Waals surface area contributed by atoms with Crippen LogP contribution in [0.2, 0.25) is 0 Å². The van der Waals surface area contributed by atoms with Gasteiger partial charge in [0.25, 0.3) is 0 Å². The number of hydrogen-bond acceptors (Lipinski definition) is 6. The molecule has 0 saturated carbocycles. The van der Waals surface area contributed by atoms with Gasteiger partial charge in [0.1, 0.15) is 6.10 Å². The molecule has 0 heterocycles. The van der Waals surface area contributed by atoms with Crippen LogP contribution < -0.4 is 0 Å². The molecule has 0 bridgehead atoms. The summed E-state index contributed by atoms with van der Waals surface area (Å²) in [6.45, 7) is 10.4. The lowest BCUT2D eigenvalue weighted by atomic mass is 10.0. The first-order valence-corrected chi connectivity index (χ1v) is 22.3. The van der Waals surface area contributed by atoms with Crippen LogP contribution in [0.5, 0.6) is 0 Å². The fourth-order valence-corrected chi connectivity index (χ4v) is 6.88. The summed E-state index contributed by atoms with van der Waals surface area (Å²) in [7, 11) is 0. The summed E-state index contributed by atoms with van der Waals surface area (Å²) in [5.74, 6) is -0.0175. The lowest BCUT2D eigenvalue weighted by Crippen LogP contribution is -2.29. The Morgan fingerprint density at radius 1 is 0.460 bits per heavy atom. The fourth-order valence-electron chi connectivity index (χ4n) is 6.88. The number of hydrogen-bond donors (Lipinski definition) is 1. The standard InChI is InChI=1S/C44H87NO5/c1-4-7-10-13-16-25-32-41-49-43(47)35-28-21-17-23-30-37-45(39-40-46)38-31-24-18-22-29-36-44(48)50-42(33-26-19-14-11-8-5-2)34-27-20-15-12-9-6-3/h42,46H,4-41H2,1-3H3. The molecule has 1 N–H and O–H groups in total. The number of aliphatic hydroxyl groups excluding tert-OH is 1. The molecule has 298 valence electrons. The Balaban J connectivity index is 3.94. The van der Waals surface area contributed by atoms with Crippen molar-refractivity contribution in [3.8, 4) is 0 Å². The van der Waals surface area contributed by atoms with Crippen LogP contribution in [0, 0.1) is 0 Å². The molecule has 0 aromatic rings. The average Bonchev–Trinajstić information content (AvgIpc) is 3.11. The summed E-state index contributed by atoms with van der Waals surface area (Å²) in [6, 6.07) is 0. The highest BCUT2D eigenvalue weighted by Gasteiger charge is 2.14. The summed E-state index contributed by atoms with van der Waals surface area (Å²) >= 11 is 0. The van der Waals surface area contributed by atoms with E-state index in [2.05, 4.69) is 25.7 Å². The molecule has 0 radical (unpaired) electrons. The van der Waals surface area contributed by atoms with Gasteiger partial charge in [-0.05, 0) is 70.9 Å². The van der Waals surface area contributed by atoms with Gasteiger partial charge in [-0.2, -0.15) is 0 Å². The van der Waals surface area contributed by atoms with Crippen LogP contribution >= 0.6 is 0 Å². The molecule has 50 heavy (non-hydrogen) atoms. The maximum absolute atomic E-state index is 12.7. The van der Waals surface area contributed by atoms with E-state index in [1.54, 1.807) is 0 Å². The van der Waals surface area contributed by atoms with Gasteiger partial charge in [-0.1, -0.05) is 162 Å². The zero-order valence-corrected chi connectivity index (χ0v) is 34.0. The molecule has 0 saturated heterocycles. The van der Waals surface area contributed by atoms with E-state index >= 15 is 0 Å². The molecule has 0 fully saturated rings. The van der Waals surface area contributed by atoms with Gasteiger partial charge in [0, 0.05) is 19.4 Å². The minimum Gasteiger partial charge on any atom is -0.466 e. The number of esters is 2. The lowest BCUT2D eigenvalue weighted by molar-refractivity contribution is -0.150. The quantitative estimate of drug-likeness (QED) is 0.0503. The Labute approximate surface area is 312 Å². The van der Waals surface area contributed by atoms with Crippen LogP contribution in [-0.4, -0.2) is 60.9 Å². The van der Waals surface area contributed by atoms with Crippen LogP contribution in [-0.2, 0) is 19.1 Å². The van der Waals surface area contributed by atoms with E-state index < -0.39 is 0 Å². The van der Waals surface area contributed by atoms with Crippen LogP contribution in [0.15, 0.2) is 0 Å². The van der Waals surface area contributed by atoms with Crippen molar-refractivity contribution < 1.29 is 24.2 Å². The van der Waals surface area contributed by atoms with Crippen LogP contribution in [0.25, 0.3) is 0 Å². The van der Waals surface area contributed by atoms with Crippen molar-refractivity contribution in [1.29, 1.82) is 0 Å². The molecular formula is C44H87NO5. The van der Waals surface area contributed by atoms with E-state index in [0.717, 1.165) is 90.3 Å². The molecule has 6 heteroatoms. The molecule has 0 spiro atoms. The number of carbonyl (C=O) groups is 2. The van der Waals surface area contributed by atoms with E-state index in [1.165, 1.54) is 128 Å². The topological polar surface area (TPSA) is 76.1 Å². The zero-order chi connectivity index (χ0) is 36.6. The number of aliphatic hydroxyl groups is 1. The molecule has 0 unspecified atom stereocenters. The highest BCUT2D eigenvalue weighted by molar-refractivity contribution is 5.69. The zero-order valence-electron chi connectivity index (χ0n) is 34.0. The van der Waals surface area contributed by atoms with Crippen molar-refractivity contribution in [2.75, 3.05) is 32.8 Å². The average molecular weight is 710 g/mol. The first-order chi connectivity index (χ1) is 24.6. The van der Waals surface area contributed by atoms with Crippen LogP contribution in [0.1, 0.15) is 233 Å². The molecule has 0 aromatic carbocycles. The molecule has 6 nitrogen and oxygen atoms in total. The summed E-state index contributed by atoms with van der Waals surface area (Å²) in [5.41, 5.74) is 0. The van der Waals surface area contributed by atoms with E-state index in [1.807, 2.05) is 0 Å². The number of rotatable bonds is 41. The van der Waals surface area contributed by atoms with E-state index in [4.69, 9.17) is 9.47 Å². The Kier molecular flexibility index (Phi) is 39.7.